The molecule has 0 aliphatic carbocycles. The van der Waals surface area contributed by atoms with E-state index in [4.69, 9.17) is 0 Å². The molecule has 2 nitrogen and oxygen atoms in total. The minimum Gasteiger partial charge on any atom is -0.343 e. The lowest BCUT2D eigenvalue weighted by molar-refractivity contribution is -0.123. The summed E-state index contributed by atoms with van der Waals surface area (Å²) >= 11 is 0. The van der Waals surface area contributed by atoms with Crippen LogP contribution in [-0.4, -0.2) is 18.6 Å². The molecule has 0 aliphatic heterocycles. The van der Waals surface area contributed by atoms with Gasteiger partial charge >= 0.3 is 6.18 Å². The Morgan fingerprint density at radius 2 is 1.60 bits per heavy atom. The average molecular weight is 287 g/mol. The molecule has 0 aliphatic rings. The number of alkyl halides is 3. The number of rotatable bonds is 5. The number of hydrogen-bond donors (Lipinski definition) is 1. The monoisotopic (exact) mass is 287 g/mol. The zero-order valence-corrected chi connectivity index (χ0v) is 12.0. The molecule has 0 spiro atoms. The lowest BCUT2D eigenvalue weighted by Crippen LogP contribution is -2.33. The smallest absolute Gasteiger partial charge is 0.343 e. The molecule has 1 aromatic carbocycles. The predicted molar refractivity (Wildman–Crippen MR) is 72.8 cm³/mol. The number of carbonyl (C=O) groups excluding carboxylic acids is 1. The highest BCUT2D eigenvalue weighted by Gasteiger charge is 2.28. The minimum absolute atomic E-state index is 0.0287. The van der Waals surface area contributed by atoms with Gasteiger partial charge in [-0.2, -0.15) is 13.2 Å². The summed E-state index contributed by atoms with van der Waals surface area (Å²) in [5, 5.41) is 1.86. The molecule has 20 heavy (non-hydrogen) atoms. The highest BCUT2D eigenvalue weighted by molar-refractivity contribution is 5.94. The molecular weight excluding hydrogens is 267 g/mol. The Labute approximate surface area is 117 Å². The molecule has 0 saturated carbocycles. The maximum Gasteiger partial charge on any atom is 0.405 e. The summed E-state index contributed by atoms with van der Waals surface area (Å²) < 4.78 is 36.1. The number of halogens is 3. The third kappa shape index (κ3) is 4.25. The van der Waals surface area contributed by atoms with Crippen LogP contribution in [0.5, 0.6) is 0 Å². The normalized spacial score (nSPS) is 12.3. The second-order valence-corrected chi connectivity index (χ2v) is 5.14. The van der Waals surface area contributed by atoms with Crippen molar-refractivity contribution < 1.29 is 18.0 Å². The summed E-state index contributed by atoms with van der Waals surface area (Å²) in [4.78, 5) is 11.6. The van der Waals surface area contributed by atoms with Crippen LogP contribution in [-0.2, 0) is 5.41 Å². The lowest BCUT2D eigenvalue weighted by atomic mass is 9.78. The van der Waals surface area contributed by atoms with E-state index in [0.29, 0.717) is 0 Å². The molecule has 5 heteroatoms. The molecule has 1 amide bonds. The summed E-state index contributed by atoms with van der Waals surface area (Å²) in [5.74, 6) is -0.705. The number of hydrogen-bond acceptors (Lipinski definition) is 1. The van der Waals surface area contributed by atoms with Gasteiger partial charge in [0.1, 0.15) is 6.54 Å². The molecule has 1 N–H and O–H groups in total. The van der Waals surface area contributed by atoms with Gasteiger partial charge in [-0.05, 0) is 36.0 Å². The first-order valence-corrected chi connectivity index (χ1v) is 6.67. The maximum absolute atomic E-state index is 12.0. The first-order chi connectivity index (χ1) is 9.22. The highest BCUT2D eigenvalue weighted by atomic mass is 19.4. The molecule has 0 unspecified atom stereocenters. The molecule has 0 radical (unpaired) electrons. The van der Waals surface area contributed by atoms with Crippen molar-refractivity contribution in [1.82, 2.24) is 5.32 Å². The van der Waals surface area contributed by atoms with Gasteiger partial charge in [0, 0.05) is 5.56 Å². The SMILES string of the molecule is CCC(C)(CC)c1ccc(C(=O)NCC(F)(F)F)cc1. The summed E-state index contributed by atoms with van der Waals surface area (Å²) in [7, 11) is 0. The van der Waals surface area contributed by atoms with Gasteiger partial charge in [0.2, 0.25) is 0 Å². The third-order valence-corrected chi connectivity index (χ3v) is 3.85. The molecule has 0 heterocycles. The lowest BCUT2D eigenvalue weighted by Gasteiger charge is -2.27. The first-order valence-electron chi connectivity index (χ1n) is 6.67. The summed E-state index contributed by atoms with van der Waals surface area (Å²) in [6.07, 6.45) is -2.47. The maximum atomic E-state index is 12.0. The molecule has 112 valence electrons. The fraction of sp³-hybridized carbons (Fsp3) is 0.533. The van der Waals surface area contributed by atoms with E-state index in [2.05, 4.69) is 20.8 Å². The van der Waals surface area contributed by atoms with Gasteiger partial charge in [0.05, 0.1) is 0 Å². The second-order valence-electron chi connectivity index (χ2n) is 5.14. The Kier molecular flexibility index (Phi) is 5.20. The van der Waals surface area contributed by atoms with Crippen LogP contribution in [0.3, 0.4) is 0 Å². The van der Waals surface area contributed by atoms with E-state index in [9.17, 15) is 18.0 Å². The van der Waals surface area contributed by atoms with Gasteiger partial charge in [0.25, 0.3) is 5.91 Å². The van der Waals surface area contributed by atoms with Crippen LogP contribution in [0.1, 0.15) is 49.5 Å². The summed E-state index contributed by atoms with van der Waals surface area (Å²) in [6.45, 7) is 5.00. The molecule has 0 atom stereocenters. The minimum atomic E-state index is -4.39. The molecule has 1 rings (SSSR count). The molecule has 1 aromatic rings. The van der Waals surface area contributed by atoms with Crippen LogP contribution in [0.25, 0.3) is 0 Å². The van der Waals surface area contributed by atoms with Gasteiger partial charge in [-0.25, -0.2) is 0 Å². The number of amides is 1. The zero-order valence-electron chi connectivity index (χ0n) is 12.0. The van der Waals surface area contributed by atoms with Crippen LogP contribution in [0.4, 0.5) is 13.2 Å². The Hall–Kier alpha value is -1.52. The Balaban J connectivity index is 2.79. The van der Waals surface area contributed by atoms with E-state index in [1.54, 1.807) is 12.1 Å². The summed E-state index contributed by atoms with van der Waals surface area (Å²) in [5.41, 5.74) is 1.36. The van der Waals surface area contributed by atoms with Crippen LogP contribution in [0.15, 0.2) is 24.3 Å². The molecule has 0 fully saturated rings. The number of nitrogens with one attached hydrogen (secondary N) is 1. The average Bonchev–Trinajstić information content (AvgIpc) is 2.43. The molecule has 0 aromatic heterocycles. The second kappa shape index (κ2) is 6.29. The van der Waals surface area contributed by atoms with Crippen LogP contribution < -0.4 is 5.32 Å². The van der Waals surface area contributed by atoms with Crippen molar-refractivity contribution in [3.8, 4) is 0 Å². The topological polar surface area (TPSA) is 29.1 Å². The number of carbonyl (C=O) groups is 1. The Morgan fingerprint density at radius 3 is 2.00 bits per heavy atom. The van der Waals surface area contributed by atoms with Gasteiger partial charge in [-0.15, -0.1) is 0 Å². The van der Waals surface area contributed by atoms with Crippen molar-refractivity contribution >= 4 is 5.91 Å². The zero-order chi connectivity index (χ0) is 15.4. The summed E-state index contributed by atoms with van der Waals surface area (Å²) in [6, 6.07) is 6.78. The third-order valence-electron chi connectivity index (χ3n) is 3.85. The van der Waals surface area contributed by atoms with Crippen molar-refractivity contribution in [2.75, 3.05) is 6.54 Å². The van der Waals surface area contributed by atoms with E-state index in [1.807, 2.05) is 17.4 Å². The van der Waals surface area contributed by atoms with Crippen molar-refractivity contribution in [2.24, 2.45) is 0 Å². The first kappa shape index (κ1) is 16.5. The standard InChI is InChI=1S/C15H20F3NO/c1-4-14(3,5-2)12-8-6-11(7-9-12)13(20)19-10-15(16,17)18/h6-9H,4-5,10H2,1-3H3,(H,19,20). The predicted octanol–water partition coefficient (Wildman–Crippen LogP) is 4.06. The van der Waals surface area contributed by atoms with E-state index in [1.165, 1.54) is 0 Å². The van der Waals surface area contributed by atoms with Crippen molar-refractivity contribution in [3.05, 3.63) is 35.4 Å². The van der Waals surface area contributed by atoms with Gasteiger partial charge in [-0.3, -0.25) is 4.79 Å². The number of benzene rings is 1. The highest BCUT2D eigenvalue weighted by Crippen LogP contribution is 2.30. The van der Waals surface area contributed by atoms with Crippen LogP contribution in [0.2, 0.25) is 0 Å². The Bertz CT molecular complexity index is 447. The van der Waals surface area contributed by atoms with Crippen LogP contribution in [0, 0.1) is 0 Å². The van der Waals surface area contributed by atoms with E-state index < -0.39 is 18.6 Å². The largest absolute Gasteiger partial charge is 0.405 e. The molecule has 0 bridgehead atoms. The van der Waals surface area contributed by atoms with Gasteiger partial charge in [-0.1, -0.05) is 32.9 Å². The van der Waals surface area contributed by atoms with E-state index in [-0.39, 0.29) is 11.0 Å². The fourth-order valence-corrected chi connectivity index (χ4v) is 1.96. The van der Waals surface area contributed by atoms with Crippen molar-refractivity contribution in [3.63, 3.8) is 0 Å². The van der Waals surface area contributed by atoms with Gasteiger partial charge < -0.3 is 5.32 Å². The van der Waals surface area contributed by atoms with Crippen molar-refractivity contribution in [2.45, 2.75) is 45.2 Å². The Morgan fingerprint density at radius 1 is 1.10 bits per heavy atom. The van der Waals surface area contributed by atoms with Crippen molar-refractivity contribution in [1.29, 1.82) is 0 Å². The quantitative estimate of drug-likeness (QED) is 0.869. The van der Waals surface area contributed by atoms with E-state index in [0.717, 1.165) is 18.4 Å². The molecule has 0 saturated heterocycles. The van der Waals surface area contributed by atoms with E-state index >= 15 is 0 Å². The fourth-order valence-electron chi connectivity index (χ4n) is 1.96. The van der Waals surface area contributed by atoms with Crippen LogP contribution >= 0.6 is 0 Å². The van der Waals surface area contributed by atoms with Gasteiger partial charge in [0.15, 0.2) is 0 Å². The molecular formula is C15H20F3NO.